The van der Waals surface area contributed by atoms with Crippen LogP contribution in [0.5, 0.6) is 0 Å². The van der Waals surface area contributed by atoms with Crippen molar-refractivity contribution >= 4 is 54.6 Å². The highest BCUT2D eigenvalue weighted by Crippen LogP contribution is 2.29. The fourth-order valence-corrected chi connectivity index (χ4v) is 5.82. The summed E-state index contributed by atoms with van der Waals surface area (Å²) in [5, 5.41) is 3.37. The average molecular weight is 423 g/mol. The van der Waals surface area contributed by atoms with E-state index in [1.165, 1.54) is 0 Å². The number of halogens is 1. The molecule has 1 aromatic heterocycles. The minimum atomic E-state index is -3.40. The molecule has 1 N–H and O–H groups in total. The predicted octanol–water partition coefficient (Wildman–Crippen LogP) is 4.56. The minimum absolute atomic E-state index is 0.0293. The first-order valence-corrected chi connectivity index (χ1v) is 11.3. The molecule has 8 heteroatoms. The molecule has 3 rings (SSSR count). The molecule has 0 radical (unpaired) electrons. The van der Waals surface area contributed by atoms with Gasteiger partial charge in [-0.3, -0.25) is 4.79 Å². The second-order valence-corrected chi connectivity index (χ2v) is 10.3. The van der Waals surface area contributed by atoms with Gasteiger partial charge in [0.2, 0.25) is 20.1 Å². The monoisotopic (exact) mass is 422 g/mol. The van der Waals surface area contributed by atoms with E-state index in [1.807, 2.05) is 26.0 Å². The Kier molecular flexibility index (Phi) is 5.83. The van der Waals surface area contributed by atoms with Gasteiger partial charge >= 0.3 is 0 Å². The fraction of sp³-hybridized carbons (Fsp3) is 0.263. The highest BCUT2D eigenvalue weighted by Gasteiger charge is 2.21. The molecule has 2 aromatic carbocycles. The number of anilines is 1. The van der Waals surface area contributed by atoms with E-state index >= 15 is 0 Å². The number of fused-ring (bicyclic) bond motifs is 1. The summed E-state index contributed by atoms with van der Waals surface area (Å²) in [6, 6.07) is 12.4. The summed E-state index contributed by atoms with van der Waals surface area (Å²) in [4.78, 5) is 16.5. The number of nitrogens with one attached hydrogen (secondary N) is 1. The number of rotatable bonds is 6. The molecule has 1 heterocycles. The second kappa shape index (κ2) is 7.96. The summed E-state index contributed by atoms with van der Waals surface area (Å²) >= 11 is 7.21. The molecule has 0 spiro atoms. The minimum Gasteiger partial charge on any atom is -0.326 e. The van der Waals surface area contributed by atoms with Gasteiger partial charge in [0, 0.05) is 10.7 Å². The molecule has 1 amide bonds. The zero-order valence-electron chi connectivity index (χ0n) is 14.9. The summed E-state index contributed by atoms with van der Waals surface area (Å²) in [6.07, 6.45) is 0.161. The lowest BCUT2D eigenvalue weighted by molar-refractivity contribution is -0.115. The van der Waals surface area contributed by atoms with Crippen LogP contribution >= 0.6 is 22.9 Å². The molecule has 0 atom stereocenters. The van der Waals surface area contributed by atoms with Gasteiger partial charge in [-0.1, -0.05) is 43.6 Å². The topological polar surface area (TPSA) is 76.1 Å². The number of carbonyl (C=O) groups is 1. The summed E-state index contributed by atoms with van der Waals surface area (Å²) in [5.41, 5.74) is 1.94. The van der Waals surface area contributed by atoms with Gasteiger partial charge in [-0.15, -0.1) is 11.3 Å². The molecular weight excluding hydrogens is 404 g/mol. The van der Waals surface area contributed by atoms with Gasteiger partial charge in [0.1, 0.15) is 0 Å². The maximum absolute atomic E-state index is 12.4. The number of nitrogens with zero attached hydrogens (tertiary/aromatic N) is 1. The van der Waals surface area contributed by atoms with Crippen LogP contribution in [0.3, 0.4) is 0 Å². The van der Waals surface area contributed by atoms with Gasteiger partial charge in [0.05, 0.1) is 22.4 Å². The van der Waals surface area contributed by atoms with Crippen LogP contribution in [0.25, 0.3) is 10.2 Å². The van der Waals surface area contributed by atoms with Gasteiger partial charge in [-0.25, -0.2) is 13.4 Å². The molecule has 0 saturated carbocycles. The number of hydrogen-bond acceptors (Lipinski definition) is 5. The Balaban J connectivity index is 1.78. The predicted molar refractivity (Wildman–Crippen MR) is 110 cm³/mol. The zero-order valence-corrected chi connectivity index (χ0v) is 17.3. The van der Waals surface area contributed by atoms with Crippen LogP contribution in [-0.4, -0.2) is 25.1 Å². The van der Waals surface area contributed by atoms with Crippen molar-refractivity contribution in [2.24, 2.45) is 5.92 Å². The van der Waals surface area contributed by atoms with E-state index < -0.39 is 9.84 Å². The van der Waals surface area contributed by atoms with Crippen molar-refractivity contribution in [2.45, 2.75) is 24.6 Å². The lowest BCUT2D eigenvalue weighted by Crippen LogP contribution is -2.14. The van der Waals surface area contributed by atoms with Gasteiger partial charge < -0.3 is 5.32 Å². The van der Waals surface area contributed by atoms with Gasteiger partial charge in [0.25, 0.3) is 0 Å². The first-order chi connectivity index (χ1) is 12.7. The van der Waals surface area contributed by atoms with Crippen molar-refractivity contribution in [2.75, 3.05) is 11.1 Å². The van der Waals surface area contributed by atoms with E-state index in [-0.39, 0.29) is 28.3 Å². The average Bonchev–Trinajstić information content (AvgIpc) is 3.00. The Hall–Kier alpha value is -1.96. The van der Waals surface area contributed by atoms with Crippen molar-refractivity contribution in [3.8, 4) is 0 Å². The molecule has 5 nitrogen and oxygen atoms in total. The molecule has 0 bridgehead atoms. The Morgan fingerprint density at radius 2 is 1.96 bits per heavy atom. The molecule has 142 valence electrons. The fourth-order valence-electron chi connectivity index (χ4n) is 2.64. The van der Waals surface area contributed by atoms with E-state index in [4.69, 9.17) is 11.6 Å². The van der Waals surface area contributed by atoms with E-state index in [0.717, 1.165) is 16.9 Å². The largest absolute Gasteiger partial charge is 0.326 e. The number of sulfone groups is 1. The molecular formula is C19H19ClN2O3S2. The third-order valence-electron chi connectivity index (χ3n) is 3.78. The molecule has 0 unspecified atom stereocenters. The Labute approximate surface area is 167 Å². The zero-order chi connectivity index (χ0) is 19.6. The third-order valence-corrected chi connectivity index (χ3v) is 7.70. The maximum atomic E-state index is 12.4. The Morgan fingerprint density at radius 3 is 2.67 bits per heavy atom. The second-order valence-electron chi connectivity index (χ2n) is 6.65. The Morgan fingerprint density at radius 1 is 1.22 bits per heavy atom. The summed E-state index contributed by atoms with van der Waals surface area (Å²) in [6.45, 7) is 3.72. The number of thiazole rings is 1. The standard InChI is InChI=1S/C19H19ClN2O3S2/c1-12(2)11-27(24,25)19-22-16-8-7-14(10-17(16)26-19)21-18(23)9-13-5-3-4-6-15(13)20/h3-8,10,12H,9,11H2,1-2H3,(H,21,23). The van der Waals surface area contributed by atoms with Gasteiger partial charge in [0.15, 0.2) is 0 Å². The molecule has 0 aliphatic carbocycles. The third kappa shape index (κ3) is 4.86. The number of carbonyl (C=O) groups excluding carboxylic acids is 1. The van der Waals surface area contributed by atoms with Crippen LogP contribution in [0.4, 0.5) is 5.69 Å². The van der Waals surface area contributed by atoms with E-state index in [9.17, 15) is 13.2 Å². The molecule has 0 fully saturated rings. The van der Waals surface area contributed by atoms with Crippen molar-refractivity contribution in [3.05, 3.63) is 53.1 Å². The van der Waals surface area contributed by atoms with Crippen molar-refractivity contribution < 1.29 is 13.2 Å². The number of benzene rings is 2. The van der Waals surface area contributed by atoms with E-state index in [1.54, 1.807) is 30.3 Å². The Bertz CT molecular complexity index is 1090. The van der Waals surface area contributed by atoms with Crippen LogP contribution in [0.1, 0.15) is 19.4 Å². The maximum Gasteiger partial charge on any atom is 0.228 e. The summed E-state index contributed by atoms with van der Waals surface area (Å²) in [5.74, 6) is -0.102. The number of hydrogen-bond donors (Lipinski definition) is 1. The van der Waals surface area contributed by atoms with Crippen molar-refractivity contribution in [1.82, 2.24) is 4.98 Å². The molecule has 0 saturated heterocycles. The quantitative estimate of drug-likeness (QED) is 0.631. The number of aromatic nitrogens is 1. The molecule has 0 aliphatic heterocycles. The van der Waals surface area contributed by atoms with Crippen molar-refractivity contribution in [1.29, 1.82) is 0 Å². The van der Waals surface area contributed by atoms with Crippen LogP contribution in [0.15, 0.2) is 46.8 Å². The molecule has 3 aromatic rings. The van der Waals surface area contributed by atoms with Gasteiger partial charge in [-0.05, 0) is 35.7 Å². The molecule has 0 aliphatic rings. The van der Waals surface area contributed by atoms with Crippen LogP contribution < -0.4 is 5.32 Å². The van der Waals surface area contributed by atoms with Crippen LogP contribution in [0.2, 0.25) is 5.02 Å². The van der Waals surface area contributed by atoms with Crippen LogP contribution in [-0.2, 0) is 21.1 Å². The SMILES string of the molecule is CC(C)CS(=O)(=O)c1nc2ccc(NC(=O)Cc3ccccc3Cl)cc2s1. The van der Waals surface area contributed by atoms with Crippen molar-refractivity contribution in [3.63, 3.8) is 0 Å². The van der Waals surface area contributed by atoms with E-state index in [0.29, 0.717) is 20.9 Å². The highest BCUT2D eigenvalue weighted by atomic mass is 35.5. The normalized spacial score (nSPS) is 11.9. The first-order valence-electron chi connectivity index (χ1n) is 8.41. The van der Waals surface area contributed by atoms with Crippen LogP contribution in [0, 0.1) is 5.92 Å². The first kappa shape index (κ1) is 19.8. The summed E-state index contributed by atoms with van der Waals surface area (Å²) < 4.78 is 25.6. The van der Waals surface area contributed by atoms with E-state index in [2.05, 4.69) is 10.3 Å². The lowest BCUT2D eigenvalue weighted by Gasteiger charge is -2.06. The van der Waals surface area contributed by atoms with Gasteiger partial charge in [-0.2, -0.15) is 0 Å². The highest BCUT2D eigenvalue weighted by molar-refractivity contribution is 7.93. The smallest absolute Gasteiger partial charge is 0.228 e. The lowest BCUT2D eigenvalue weighted by atomic mass is 10.1. The molecule has 27 heavy (non-hydrogen) atoms. The summed E-state index contributed by atoms with van der Waals surface area (Å²) in [7, 11) is -3.40. The number of amides is 1.